The first-order chi connectivity index (χ1) is 12.0. The summed E-state index contributed by atoms with van der Waals surface area (Å²) in [5.41, 5.74) is 3.50. The Hall–Kier alpha value is -0.890. The van der Waals surface area contributed by atoms with E-state index >= 15 is 0 Å². The smallest absolute Gasteiger partial charge is 0.156 e. The van der Waals surface area contributed by atoms with E-state index in [0.717, 1.165) is 31.1 Å². The molecule has 0 amide bonds. The van der Waals surface area contributed by atoms with Gasteiger partial charge in [-0.15, -0.1) is 0 Å². The van der Waals surface area contributed by atoms with Gasteiger partial charge in [-0.1, -0.05) is 31.4 Å². The normalized spacial score (nSPS) is 43.0. The molecule has 4 aliphatic rings. The highest BCUT2D eigenvalue weighted by Gasteiger charge is 2.56. The summed E-state index contributed by atoms with van der Waals surface area (Å²) < 4.78 is 0. The largest absolute Gasteiger partial charge is 0.396 e. The van der Waals surface area contributed by atoms with Crippen molar-refractivity contribution in [2.75, 3.05) is 6.61 Å². The average molecular weight is 343 g/mol. The topological polar surface area (TPSA) is 37.3 Å². The lowest BCUT2D eigenvalue weighted by Crippen LogP contribution is -2.49. The minimum absolute atomic E-state index is 0.220. The number of aliphatic hydroxyl groups excluding tert-OH is 1. The third kappa shape index (κ3) is 2.67. The van der Waals surface area contributed by atoms with Gasteiger partial charge in [0.05, 0.1) is 0 Å². The van der Waals surface area contributed by atoms with Crippen molar-refractivity contribution in [2.45, 2.75) is 78.1 Å². The quantitative estimate of drug-likeness (QED) is 0.711. The van der Waals surface area contributed by atoms with Gasteiger partial charge in [0, 0.05) is 13.0 Å². The lowest BCUT2D eigenvalue weighted by Gasteiger charge is -2.57. The van der Waals surface area contributed by atoms with E-state index in [9.17, 15) is 9.90 Å². The molecule has 2 fully saturated rings. The SMILES string of the molecule is CC1=C[C@H]2[C@@H]3CCC[C@@]3(CCCCO)CC[C@@H]2[C@@]2(C)CCC(=O)C=C12. The van der Waals surface area contributed by atoms with Gasteiger partial charge in [-0.25, -0.2) is 0 Å². The molecule has 0 spiro atoms. The van der Waals surface area contributed by atoms with Crippen LogP contribution in [0.3, 0.4) is 0 Å². The molecule has 2 saturated carbocycles. The number of hydrogen-bond acceptors (Lipinski definition) is 2. The van der Waals surface area contributed by atoms with Crippen LogP contribution in [0.25, 0.3) is 0 Å². The third-order valence-corrected chi connectivity index (χ3v) is 8.44. The molecular weight excluding hydrogens is 308 g/mol. The highest BCUT2D eigenvalue weighted by molar-refractivity contribution is 5.92. The van der Waals surface area contributed by atoms with Crippen LogP contribution < -0.4 is 0 Å². The molecule has 0 heterocycles. The molecule has 5 atom stereocenters. The van der Waals surface area contributed by atoms with Gasteiger partial charge in [0.2, 0.25) is 0 Å². The highest BCUT2D eigenvalue weighted by Crippen LogP contribution is 2.65. The second-order valence-electron chi connectivity index (χ2n) is 9.56. The number of allylic oxidation sites excluding steroid dienone is 4. The zero-order valence-corrected chi connectivity index (χ0v) is 16.0. The molecule has 1 N–H and O–H groups in total. The summed E-state index contributed by atoms with van der Waals surface area (Å²) in [4.78, 5) is 12.0. The van der Waals surface area contributed by atoms with Gasteiger partial charge in [-0.2, -0.15) is 0 Å². The predicted octanol–water partition coefficient (Wildman–Crippen LogP) is 5.22. The molecule has 0 saturated heterocycles. The van der Waals surface area contributed by atoms with Crippen LogP contribution in [0.4, 0.5) is 0 Å². The Kier molecular flexibility index (Phi) is 4.46. The van der Waals surface area contributed by atoms with Crippen molar-refractivity contribution >= 4 is 5.78 Å². The molecule has 25 heavy (non-hydrogen) atoms. The fraction of sp³-hybridized carbons (Fsp3) is 0.783. The molecule has 0 bridgehead atoms. The van der Waals surface area contributed by atoms with Crippen molar-refractivity contribution in [1.29, 1.82) is 0 Å². The number of carbonyl (C=O) groups excluding carboxylic acids is 1. The monoisotopic (exact) mass is 342 g/mol. The van der Waals surface area contributed by atoms with Crippen molar-refractivity contribution in [3.05, 3.63) is 23.3 Å². The summed E-state index contributed by atoms with van der Waals surface area (Å²) in [6.07, 6.45) is 16.7. The Morgan fingerprint density at radius 3 is 2.80 bits per heavy atom. The summed E-state index contributed by atoms with van der Waals surface area (Å²) >= 11 is 0. The Bertz CT molecular complexity index is 616. The molecule has 0 radical (unpaired) electrons. The van der Waals surface area contributed by atoms with E-state index in [2.05, 4.69) is 19.9 Å². The maximum atomic E-state index is 12.0. The van der Waals surface area contributed by atoms with E-state index in [4.69, 9.17) is 0 Å². The van der Waals surface area contributed by atoms with Gasteiger partial charge >= 0.3 is 0 Å². The zero-order valence-electron chi connectivity index (χ0n) is 16.0. The highest BCUT2D eigenvalue weighted by atomic mass is 16.2. The van der Waals surface area contributed by atoms with Crippen molar-refractivity contribution in [3.63, 3.8) is 0 Å². The van der Waals surface area contributed by atoms with Crippen LogP contribution in [-0.2, 0) is 4.79 Å². The maximum Gasteiger partial charge on any atom is 0.156 e. The molecule has 0 unspecified atom stereocenters. The average Bonchev–Trinajstić information content (AvgIpc) is 3.01. The summed E-state index contributed by atoms with van der Waals surface area (Å²) in [6.45, 7) is 5.04. The number of hydrogen-bond donors (Lipinski definition) is 1. The number of rotatable bonds is 4. The number of carbonyl (C=O) groups is 1. The first-order valence-corrected chi connectivity index (χ1v) is 10.5. The van der Waals surface area contributed by atoms with E-state index in [-0.39, 0.29) is 5.41 Å². The van der Waals surface area contributed by atoms with Gasteiger partial charge in [-0.05, 0) is 92.1 Å². The van der Waals surface area contributed by atoms with Crippen LogP contribution in [0.1, 0.15) is 78.1 Å². The van der Waals surface area contributed by atoms with Gasteiger partial charge in [0.1, 0.15) is 0 Å². The first kappa shape index (κ1) is 17.5. The molecule has 138 valence electrons. The molecule has 4 aliphatic carbocycles. The van der Waals surface area contributed by atoms with Crippen LogP contribution in [0, 0.1) is 28.6 Å². The minimum Gasteiger partial charge on any atom is -0.396 e. The molecular formula is C23H34O2. The standard InChI is InChI=1S/C23H34O2/c1-16-14-18-19(22(2)11-7-17(25)15-21(16)22)8-12-23(9-3-4-13-24)10-5-6-20(18)23/h14-15,18-20,24H,3-13H2,1-2H3/t18-,19+,20+,22-,23+/m1/s1. The van der Waals surface area contributed by atoms with Gasteiger partial charge in [0.15, 0.2) is 5.78 Å². The van der Waals surface area contributed by atoms with Gasteiger partial charge < -0.3 is 5.11 Å². The Morgan fingerprint density at radius 2 is 2.00 bits per heavy atom. The molecule has 0 aromatic rings. The zero-order chi connectivity index (χ0) is 17.7. The fourth-order valence-corrected chi connectivity index (χ4v) is 7.24. The predicted molar refractivity (Wildman–Crippen MR) is 101 cm³/mol. The van der Waals surface area contributed by atoms with Crippen LogP contribution in [0.5, 0.6) is 0 Å². The Balaban J connectivity index is 1.67. The van der Waals surface area contributed by atoms with Crippen molar-refractivity contribution in [3.8, 4) is 0 Å². The van der Waals surface area contributed by atoms with E-state index in [1.54, 1.807) is 0 Å². The fourth-order valence-electron chi connectivity index (χ4n) is 7.24. The molecule has 2 nitrogen and oxygen atoms in total. The summed E-state index contributed by atoms with van der Waals surface area (Å²) in [5.74, 6) is 2.59. The molecule has 4 rings (SSSR count). The summed E-state index contributed by atoms with van der Waals surface area (Å²) in [7, 11) is 0. The second kappa shape index (κ2) is 6.37. The van der Waals surface area contributed by atoms with E-state index < -0.39 is 0 Å². The third-order valence-electron chi connectivity index (χ3n) is 8.44. The van der Waals surface area contributed by atoms with Crippen molar-refractivity contribution in [1.82, 2.24) is 0 Å². The Labute approximate surface area is 152 Å². The van der Waals surface area contributed by atoms with E-state index in [1.165, 1.54) is 56.1 Å². The first-order valence-electron chi connectivity index (χ1n) is 10.5. The lowest BCUT2D eigenvalue weighted by molar-refractivity contribution is -0.116. The van der Waals surface area contributed by atoms with E-state index in [0.29, 0.717) is 23.7 Å². The van der Waals surface area contributed by atoms with Crippen LogP contribution in [0.15, 0.2) is 23.3 Å². The minimum atomic E-state index is 0.220. The van der Waals surface area contributed by atoms with Crippen molar-refractivity contribution in [2.24, 2.45) is 28.6 Å². The molecule has 0 aromatic carbocycles. The van der Waals surface area contributed by atoms with Crippen LogP contribution >= 0.6 is 0 Å². The lowest BCUT2D eigenvalue weighted by atomic mass is 9.47. The second-order valence-corrected chi connectivity index (χ2v) is 9.56. The van der Waals surface area contributed by atoms with Gasteiger partial charge in [0.25, 0.3) is 0 Å². The van der Waals surface area contributed by atoms with E-state index in [1.807, 2.05) is 6.08 Å². The molecule has 2 heteroatoms. The Morgan fingerprint density at radius 1 is 1.16 bits per heavy atom. The molecule has 0 aliphatic heterocycles. The number of ketones is 1. The van der Waals surface area contributed by atoms with Crippen LogP contribution in [0.2, 0.25) is 0 Å². The maximum absolute atomic E-state index is 12.0. The number of fused-ring (bicyclic) bond motifs is 5. The number of aliphatic hydroxyl groups is 1. The summed E-state index contributed by atoms with van der Waals surface area (Å²) in [6, 6.07) is 0. The van der Waals surface area contributed by atoms with Crippen LogP contribution in [-0.4, -0.2) is 17.5 Å². The number of unbranched alkanes of at least 4 members (excludes halogenated alkanes) is 1. The summed E-state index contributed by atoms with van der Waals surface area (Å²) in [5, 5.41) is 9.20. The van der Waals surface area contributed by atoms with Crippen molar-refractivity contribution < 1.29 is 9.90 Å². The molecule has 0 aromatic heterocycles. The van der Waals surface area contributed by atoms with Gasteiger partial charge in [-0.3, -0.25) is 4.79 Å².